The lowest BCUT2D eigenvalue weighted by atomic mass is 10.1. The Labute approximate surface area is 144 Å². The summed E-state index contributed by atoms with van der Waals surface area (Å²) < 4.78 is 2.33. The van der Waals surface area contributed by atoms with Crippen LogP contribution >= 0.6 is 0 Å². The molecule has 0 saturated heterocycles. The molecule has 0 saturated carbocycles. The monoisotopic (exact) mass is 318 g/mol. The molecule has 0 aliphatic rings. The number of fused-ring (bicyclic) bond motifs is 2. The number of nitrogens with zero attached hydrogens (tertiary/aromatic N) is 1. The van der Waals surface area contributed by atoms with Crippen molar-refractivity contribution in [3.05, 3.63) is 71.5 Å². The van der Waals surface area contributed by atoms with E-state index in [1.54, 1.807) is 0 Å². The summed E-state index contributed by atoms with van der Waals surface area (Å²) >= 11 is 0. The van der Waals surface area contributed by atoms with Gasteiger partial charge in [0.25, 0.3) is 0 Å². The van der Waals surface area contributed by atoms with Crippen molar-refractivity contribution in [1.29, 1.82) is 0 Å². The van der Waals surface area contributed by atoms with Gasteiger partial charge in [0, 0.05) is 35.4 Å². The molecule has 0 unspecified atom stereocenters. The predicted octanol–water partition coefficient (Wildman–Crippen LogP) is 5.78. The molecule has 2 aromatic heterocycles. The first-order chi connectivity index (χ1) is 11.7. The molecule has 0 aliphatic heterocycles. The van der Waals surface area contributed by atoms with E-state index in [0.717, 1.165) is 12.8 Å². The van der Waals surface area contributed by atoms with Gasteiger partial charge in [-0.25, -0.2) is 0 Å². The van der Waals surface area contributed by atoms with Gasteiger partial charge in [0.2, 0.25) is 0 Å². The molecule has 0 fully saturated rings. The lowest BCUT2D eigenvalue weighted by Gasteiger charge is -2.02. The SMILES string of the molecule is CCc1c(CC)n(C)c2ccccc12.Cc1ccc2cc[nH]c2c1. The smallest absolute Gasteiger partial charge is 0.0482 e. The molecule has 2 nitrogen and oxygen atoms in total. The largest absolute Gasteiger partial charge is 0.361 e. The van der Waals surface area contributed by atoms with Gasteiger partial charge in [0.1, 0.15) is 0 Å². The van der Waals surface area contributed by atoms with Gasteiger partial charge in [-0.1, -0.05) is 44.2 Å². The van der Waals surface area contributed by atoms with E-state index >= 15 is 0 Å². The van der Waals surface area contributed by atoms with Crippen molar-refractivity contribution in [1.82, 2.24) is 9.55 Å². The van der Waals surface area contributed by atoms with Crippen molar-refractivity contribution in [2.45, 2.75) is 33.6 Å². The highest BCUT2D eigenvalue weighted by Crippen LogP contribution is 2.25. The number of aromatic amines is 1. The summed E-state index contributed by atoms with van der Waals surface area (Å²) in [5.74, 6) is 0. The molecule has 24 heavy (non-hydrogen) atoms. The maximum atomic E-state index is 3.16. The number of rotatable bonds is 2. The molecule has 0 aliphatic carbocycles. The highest BCUT2D eigenvalue weighted by Gasteiger charge is 2.10. The Morgan fingerprint density at radius 2 is 1.75 bits per heavy atom. The Hall–Kier alpha value is -2.48. The molecule has 2 heterocycles. The summed E-state index contributed by atoms with van der Waals surface area (Å²) in [6.07, 6.45) is 4.21. The van der Waals surface area contributed by atoms with Crippen LogP contribution in [-0.2, 0) is 19.9 Å². The second-order valence-electron chi connectivity index (χ2n) is 6.28. The molecule has 124 valence electrons. The third-order valence-electron chi connectivity index (χ3n) is 4.74. The average molecular weight is 318 g/mol. The van der Waals surface area contributed by atoms with Crippen molar-refractivity contribution in [2.24, 2.45) is 7.05 Å². The molecule has 0 spiro atoms. The number of aromatic nitrogens is 2. The van der Waals surface area contributed by atoms with Gasteiger partial charge in [-0.3, -0.25) is 0 Å². The Balaban J connectivity index is 0.000000149. The van der Waals surface area contributed by atoms with Gasteiger partial charge in [-0.2, -0.15) is 0 Å². The highest BCUT2D eigenvalue weighted by atomic mass is 14.9. The van der Waals surface area contributed by atoms with E-state index in [4.69, 9.17) is 0 Å². The fourth-order valence-electron chi connectivity index (χ4n) is 3.53. The second kappa shape index (κ2) is 6.96. The number of para-hydroxylation sites is 1. The molecule has 0 bridgehead atoms. The van der Waals surface area contributed by atoms with Crippen molar-refractivity contribution >= 4 is 21.8 Å². The summed E-state index contributed by atoms with van der Waals surface area (Å²) in [7, 11) is 2.17. The fourth-order valence-corrected chi connectivity index (χ4v) is 3.53. The van der Waals surface area contributed by atoms with Crippen molar-refractivity contribution in [2.75, 3.05) is 0 Å². The molecule has 4 aromatic rings. The van der Waals surface area contributed by atoms with Crippen molar-refractivity contribution < 1.29 is 0 Å². The first-order valence-electron chi connectivity index (χ1n) is 8.74. The second-order valence-corrected chi connectivity index (χ2v) is 6.28. The van der Waals surface area contributed by atoms with Crippen molar-refractivity contribution in [3.8, 4) is 0 Å². The minimum Gasteiger partial charge on any atom is -0.361 e. The van der Waals surface area contributed by atoms with E-state index in [9.17, 15) is 0 Å². The van der Waals surface area contributed by atoms with E-state index in [1.165, 1.54) is 38.6 Å². The third kappa shape index (κ3) is 2.96. The number of hydrogen-bond acceptors (Lipinski definition) is 0. The summed E-state index contributed by atoms with van der Waals surface area (Å²) in [5, 5.41) is 2.71. The van der Waals surface area contributed by atoms with Crippen molar-refractivity contribution in [3.63, 3.8) is 0 Å². The number of H-pyrrole nitrogens is 1. The molecule has 0 radical (unpaired) electrons. The maximum absolute atomic E-state index is 3.16. The van der Waals surface area contributed by atoms with Crippen LogP contribution in [0.15, 0.2) is 54.7 Å². The number of aryl methyl sites for hydroxylation is 3. The van der Waals surface area contributed by atoms with Gasteiger partial charge >= 0.3 is 0 Å². The van der Waals surface area contributed by atoms with E-state index < -0.39 is 0 Å². The number of hydrogen-bond donors (Lipinski definition) is 1. The maximum Gasteiger partial charge on any atom is 0.0482 e. The zero-order chi connectivity index (χ0) is 17.1. The van der Waals surface area contributed by atoms with E-state index in [0.29, 0.717) is 0 Å². The topological polar surface area (TPSA) is 20.7 Å². The van der Waals surface area contributed by atoms with Crippen LogP contribution in [0.2, 0.25) is 0 Å². The van der Waals surface area contributed by atoms with Gasteiger partial charge in [0.15, 0.2) is 0 Å². The standard InChI is InChI=1S/C13H17N.C9H9N/c1-4-10-11-8-6-7-9-13(11)14(3)12(10)5-2;1-7-2-3-8-4-5-10-9(8)6-7/h6-9H,4-5H2,1-3H3;2-6,10H,1H3. The highest BCUT2D eigenvalue weighted by molar-refractivity contribution is 5.85. The Bertz CT molecular complexity index is 957. The van der Waals surface area contributed by atoms with Crippen LogP contribution in [-0.4, -0.2) is 9.55 Å². The summed E-state index contributed by atoms with van der Waals surface area (Å²) in [6, 6.07) is 17.1. The van der Waals surface area contributed by atoms with Crippen LogP contribution in [0.5, 0.6) is 0 Å². The van der Waals surface area contributed by atoms with Crippen LogP contribution in [0.1, 0.15) is 30.7 Å². The van der Waals surface area contributed by atoms with E-state index in [1.807, 2.05) is 6.20 Å². The predicted molar refractivity (Wildman–Crippen MR) is 105 cm³/mol. The first-order valence-corrected chi connectivity index (χ1v) is 8.74. The Morgan fingerprint density at radius 1 is 0.958 bits per heavy atom. The van der Waals surface area contributed by atoms with Gasteiger partial charge in [0.05, 0.1) is 0 Å². The van der Waals surface area contributed by atoms with Crippen LogP contribution in [0, 0.1) is 6.92 Å². The van der Waals surface area contributed by atoms with Crippen LogP contribution in [0.25, 0.3) is 21.8 Å². The average Bonchev–Trinajstić information content (AvgIpc) is 3.17. The van der Waals surface area contributed by atoms with Gasteiger partial charge in [-0.05, 0) is 54.5 Å². The summed E-state index contributed by atoms with van der Waals surface area (Å²) in [6.45, 7) is 6.56. The van der Waals surface area contributed by atoms with E-state index in [2.05, 4.69) is 85.9 Å². The van der Waals surface area contributed by atoms with E-state index in [-0.39, 0.29) is 0 Å². The molecule has 2 heteroatoms. The lowest BCUT2D eigenvalue weighted by Crippen LogP contribution is -1.96. The number of nitrogens with one attached hydrogen (secondary N) is 1. The quantitative estimate of drug-likeness (QED) is 0.483. The molecular weight excluding hydrogens is 292 g/mol. The Morgan fingerprint density at radius 3 is 2.50 bits per heavy atom. The van der Waals surface area contributed by atoms with Gasteiger partial charge < -0.3 is 9.55 Å². The normalized spacial score (nSPS) is 10.8. The minimum absolute atomic E-state index is 1.12. The van der Waals surface area contributed by atoms with Gasteiger partial charge in [-0.15, -0.1) is 0 Å². The zero-order valence-corrected chi connectivity index (χ0v) is 15.1. The number of benzene rings is 2. The Kier molecular flexibility index (Phi) is 4.75. The molecule has 1 N–H and O–H groups in total. The molecular formula is C22H26N2. The fraction of sp³-hybridized carbons (Fsp3) is 0.273. The van der Waals surface area contributed by atoms with Crippen LogP contribution in [0.4, 0.5) is 0 Å². The summed E-state index contributed by atoms with van der Waals surface area (Å²) in [5.41, 5.74) is 6.88. The minimum atomic E-state index is 1.12. The summed E-state index contributed by atoms with van der Waals surface area (Å²) in [4.78, 5) is 3.16. The molecule has 2 aromatic carbocycles. The molecule has 0 atom stereocenters. The molecule has 4 rings (SSSR count). The first kappa shape index (κ1) is 16.4. The third-order valence-corrected chi connectivity index (χ3v) is 4.74. The van der Waals surface area contributed by atoms with Crippen LogP contribution < -0.4 is 0 Å². The van der Waals surface area contributed by atoms with Crippen LogP contribution in [0.3, 0.4) is 0 Å². The molecule has 0 amide bonds. The zero-order valence-electron chi connectivity index (χ0n) is 15.1. The lowest BCUT2D eigenvalue weighted by molar-refractivity contribution is 0.846.